The fourth-order valence-corrected chi connectivity index (χ4v) is 1.90. The van der Waals surface area contributed by atoms with Crippen molar-refractivity contribution in [2.45, 2.75) is 39.2 Å². The van der Waals surface area contributed by atoms with Crippen molar-refractivity contribution in [2.24, 2.45) is 0 Å². The van der Waals surface area contributed by atoms with Crippen LogP contribution in [0, 0.1) is 0 Å². The van der Waals surface area contributed by atoms with Gasteiger partial charge in [0.25, 0.3) is 5.91 Å². The lowest BCUT2D eigenvalue weighted by Crippen LogP contribution is -2.52. The minimum atomic E-state index is -1.29. The molecule has 1 unspecified atom stereocenters. The normalized spacial score (nSPS) is 13.3. The van der Waals surface area contributed by atoms with Crippen molar-refractivity contribution in [2.75, 3.05) is 0 Å². The molecule has 0 aliphatic carbocycles. The molecule has 0 heterocycles. The lowest BCUT2D eigenvalue weighted by molar-refractivity contribution is -0.144. The maximum atomic E-state index is 12.1. The molecule has 5 heteroatoms. The molecule has 2 N–H and O–H groups in total. The number of hydrogen-bond donors (Lipinski definition) is 2. The summed E-state index contributed by atoms with van der Waals surface area (Å²) < 4.78 is 0. The van der Waals surface area contributed by atoms with Crippen LogP contribution in [0.2, 0.25) is 0 Å². The third-order valence-electron chi connectivity index (χ3n) is 3.17. The topological polar surface area (TPSA) is 83.5 Å². The number of aliphatic carboxylic acids is 1. The molecule has 1 aromatic rings. The van der Waals surface area contributed by atoms with Crippen LogP contribution in [0.5, 0.6) is 0 Å². The van der Waals surface area contributed by atoms with Gasteiger partial charge in [0, 0.05) is 11.1 Å². The number of benzene rings is 1. The van der Waals surface area contributed by atoms with Crippen molar-refractivity contribution in [1.82, 2.24) is 5.32 Å². The highest BCUT2D eigenvalue weighted by molar-refractivity contribution is 5.99. The van der Waals surface area contributed by atoms with Gasteiger partial charge in [-0.2, -0.15) is 0 Å². The van der Waals surface area contributed by atoms with E-state index in [-0.39, 0.29) is 5.78 Å². The first-order valence-electron chi connectivity index (χ1n) is 6.47. The summed E-state index contributed by atoms with van der Waals surface area (Å²) in [7, 11) is 0. The summed E-state index contributed by atoms with van der Waals surface area (Å²) >= 11 is 0. The van der Waals surface area contributed by atoms with Gasteiger partial charge in [0.1, 0.15) is 5.54 Å². The van der Waals surface area contributed by atoms with Crippen LogP contribution in [0.4, 0.5) is 0 Å². The van der Waals surface area contributed by atoms with Crippen molar-refractivity contribution in [3.63, 3.8) is 0 Å². The number of rotatable bonds is 6. The summed E-state index contributed by atoms with van der Waals surface area (Å²) in [5, 5.41) is 11.8. The minimum absolute atomic E-state index is 0.0849. The van der Waals surface area contributed by atoms with Crippen molar-refractivity contribution < 1.29 is 19.5 Å². The highest BCUT2D eigenvalue weighted by atomic mass is 16.4. The average molecular weight is 277 g/mol. The summed E-state index contributed by atoms with van der Waals surface area (Å²) in [6.45, 7) is 4.79. The molecule has 5 nitrogen and oxygen atoms in total. The second-order valence-electron chi connectivity index (χ2n) is 4.97. The third kappa shape index (κ3) is 3.66. The second-order valence-corrected chi connectivity index (χ2v) is 4.97. The van der Waals surface area contributed by atoms with E-state index in [0.29, 0.717) is 24.0 Å². The Hall–Kier alpha value is -2.17. The Bertz CT molecular complexity index is 521. The van der Waals surface area contributed by atoms with Gasteiger partial charge in [-0.25, -0.2) is 4.79 Å². The first-order chi connectivity index (χ1) is 9.30. The van der Waals surface area contributed by atoms with Crippen LogP contribution >= 0.6 is 0 Å². The van der Waals surface area contributed by atoms with E-state index >= 15 is 0 Å². The number of nitrogens with one attached hydrogen (secondary N) is 1. The Morgan fingerprint density at radius 3 is 2.05 bits per heavy atom. The van der Waals surface area contributed by atoms with Crippen molar-refractivity contribution >= 4 is 17.7 Å². The van der Waals surface area contributed by atoms with E-state index in [1.807, 2.05) is 6.92 Å². The molecule has 1 atom stereocenters. The zero-order valence-electron chi connectivity index (χ0n) is 11.9. The van der Waals surface area contributed by atoms with Crippen LogP contribution in [0.1, 0.15) is 54.3 Å². The van der Waals surface area contributed by atoms with Gasteiger partial charge in [0.15, 0.2) is 5.78 Å². The van der Waals surface area contributed by atoms with E-state index < -0.39 is 17.4 Å². The first kappa shape index (κ1) is 15.9. The Morgan fingerprint density at radius 1 is 1.15 bits per heavy atom. The van der Waals surface area contributed by atoms with E-state index in [0.717, 1.165) is 0 Å². The predicted octanol–water partition coefficient (Wildman–Crippen LogP) is 2.26. The van der Waals surface area contributed by atoms with Gasteiger partial charge in [0.2, 0.25) is 0 Å². The monoisotopic (exact) mass is 277 g/mol. The zero-order valence-corrected chi connectivity index (χ0v) is 11.9. The molecule has 0 radical (unpaired) electrons. The lowest BCUT2D eigenvalue weighted by atomic mass is 9.95. The molecule has 0 aliphatic rings. The van der Waals surface area contributed by atoms with Crippen LogP contribution in [0.3, 0.4) is 0 Å². The zero-order chi connectivity index (χ0) is 15.3. The van der Waals surface area contributed by atoms with Gasteiger partial charge in [-0.15, -0.1) is 0 Å². The quantitative estimate of drug-likeness (QED) is 0.781. The van der Waals surface area contributed by atoms with Gasteiger partial charge in [-0.3, -0.25) is 9.59 Å². The first-order valence-corrected chi connectivity index (χ1v) is 6.47. The highest BCUT2D eigenvalue weighted by Crippen LogP contribution is 2.14. The third-order valence-corrected chi connectivity index (χ3v) is 3.17. The largest absolute Gasteiger partial charge is 0.480 e. The number of Topliss-reactive ketones (excluding diaryl/α,β-unsaturated/α-hetero) is 1. The summed E-state index contributed by atoms with van der Waals surface area (Å²) in [6, 6.07) is 6.13. The van der Waals surface area contributed by atoms with Crippen LogP contribution in [0.25, 0.3) is 0 Å². The van der Waals surface area contributed by atoms with Gasteiger partial charge < -0.3 is 10.4 Å². The molecule has 0 saturated carbocycles. The standard InChI is InChI=1S/C15H19NO4/c1-4-9-15(3,14(19)20)16-13(18)12-7-5-11(6-8-12)10(2)17/h5-8H,4,9H2,1-3H3,(H,16,18)(H,19,20). The fourth-order valence-electron chi connectivity index (χ4n) is 1.90. The summed E-state index contributed by atoms with van der Waals surface area (Å²) in [6.07, 6.45) is 0.992. The van der Waals surface area contributed by atoms with Crippen molar-refractivity contribution in [3.8, 4) is 0 Å². The molecule has 108 valence electrons. The molecule has 1 rings (SSSR count). The number of carboxylic acids is 1. The van der Waals surface area contributed by atoms with Gasteiger partial charge in [0.05, 0.1) is 0 Å². The molecule has 0 bridgehead atoms. The lowest BCUT2D eigenvalue weighted by Gasteiger charge is -2.25. The van der Waals surface area contributed by atoms with E-state index in [1.54, 1.807) is 12.1 Å². The van der Waals surface area contributed by atoms with Gasteiger partial charge in [-0.1, -0.05) is 25.5 Å². The van der Waals surface area contributed by atoms with E-state index in [1.165, 1.54) is 26.0 Å². The molecular formula is C15H19NO4. The maximum Gasteiger partial charge on any atom is 0.329 e. The second kappa shape index (κ2) is 6.32. The van der Waals surface area contributed by atoms with E-state index in [9.17, 15) is 19.5 Å². The van der Waals surface area contributed by atoms with Crippen LogP contribution in [-0.2, 0) is 4.79 Å². The van der Waals surface area contributed by atoms with Crippen molar-refractivity contribution in [1.29, 1.82) is 0 Å². The summed E-state index contributed by atoms with van der Waals surface area (Å²) in [5.41, 5.74) is -0.444. The maximum absolute atomic E-state index is 12.1. The molecule has 0 spiro atoms. The Balaban J connectivity index is 2.89. The number of carboxylic acid groups (broad SMARTS) is 1. The van der Waals surface area contributed by atoms with Crippen LogP contribution in [0.15, 0.2) is 24.3 Å². The highest BCUT2D eigenvalue weighted by Gasteiger charge is 2.33. The smallest absolute Gasteiger partial charge is 0.329 e. The molecule has 1 amide bonds. The Kier molecular flexibility index (Phi) is 5.02. The Labute approximate surface area is 118 Å². The number of ketones is 1. The molecule has 0 saturated heterocycles. The number of carbonyl (C=O) groups excluding carboxylic acids is 2. The molecule has 0 aromatic heterocycles. The van der Waals surface area contributed by atoms with Gasteiger partial charge in [-0.05, 0) is 32.4 Å². The number of amides is 1. The minimum Gasteiger partial charge on any atom is -0.480 e. The van der Waals surface area contributed by atoms with E-state index in [2.05, 4.69) is 5.32 Å². The fraction of sp³-hybridized carbons (Fsp3) is 0.400. The van der Waals surface area contributed by atoms with Crippen molar-refractivity contribution in [3.05, 3.63) is 35.4 Å². The average Bonchev–Trinajstić information content (AvgIpc) is 2.38. The molecule has 0 fully saturated rings. The van der Waals surface area contributed by atoms with Crippen LogP contribution < -0.4 is 5.32 Å². The van der Waals surface area contributed by atoms with E-state index in [4.69, 9.17) is 0 Å². The molecule has 0 aliphatic heterocycles. The predicted molar refractivity (Wildman–Crippen MR) is 74.9 cm³/mol. The number of hydrogen-bond acceptors (Lipinski definition) is 3. The SMILES string of the molecule is CCCC(C)(NC(=O)c1ccc(C(C)=O)cc1)C(=O)O. The molecule has 20 heavy (non-hydrogen) atoms. The van der Waals surface area contributed by atoms with Crippen LogP contribution in [-0.4, -0.2) is 28.3 Å². The molecular weight excluding hydrogens is 258 g/mol. The van der Waals surface area contributed by atoms with Gasteiger partial charge >= 0.3 is 5.97 Å². The Morgan fingerprint density at radius 2 is 1.65 bits per heavy atom. The molecule has 1 aromatic carbocycles. The number of carbonyl (C=O) groups is 3. The summed E-state index contributed by atoms with van der Waals surface area (Å²) in [5.74, 6) is -1.61. The summed E-state index contributed by atoms with van der Waals surface area (Å²) in [4.78, 5) is 34.5.